The number of phenols is 1. The summed E-state index contributed by atoms with van der Waals surface area (Å²) >= 11 is 0. The average Bonchev–Trinajstić information content (AvgIpc) is 2.42. The number of para-hydroxylation sites is 1. The van der Waals surface area contributed by atoms with E-state index in [1.165, 1.54) is 19.2 Å². The van der Waals surface area contributed by atoms with Crippen molar-refractivity contribution in [2.75, 3.05) is 13.7 Å². The third-order valence-electron chi connectivity index (χ3n) is 2.43. The zero-order valence-electron chi connectivity index (χ0n) is 10.5. The third kappa shape index (κ3) is 4.79. The summed E-state index contributed by atoms with van der Waals surface area (Å²) < 4.78 is 4.40. The van der Waals surface area contributed by atoms with Gasteiger partial charge in [-0.3, -0.25) is 14.4 Å². The fraction of sp³-hybridized carbons (Fsp3) is 0.308. The van der Waals surface area contributed by atoms with Crippen LogP contribution in [0.5, 0.6) is 5.75 Å². The molecule has 0 unspecified atom stereocenters. The standard InChI is InChI=1S/C13H15NO5/c1-19-12(17)7-6-9(15)8-14-13(18)10-4-2-3-5-11(10)16/h2-5,16H,6-8H2,1H3,(H,14,18). The van der Waals surface area contributed by atoms with Gasteiger partial charge in [0.05, 0.1) is 25.6 Å². The highest BCUT2D eigenvalue weighted by Crippen LogP contribution is 2.14. The van der Waals surface area contributed by atoms with E-state index in [-0.39, 0.29) is 36.5 Å². The van der Waals surface area contributed by atoms with Crippen LogP contribution in [0.3, 0.4) is 0 Å². The molecule has 1 aromatic rings. The Labute approximate surface area is 110 Å². The molecule has 2 N–H and O–H groups in total. The maximum Gasteiger partial charge on any atom is 0.305 e. The summed E-state index contributed by atoms with van der Waals surface area (Å²) in [4.78, 5) is 33.9. The van der Waals surface area contributed by atoms with Crippen molar-refractivity contribution in [2.45, 2.75) is 12.8 Å². The Bertz CT molecular complexity index is 484. The van der Waals surface area contributed by atoms with Gasteiger partial charge in [-0.1, -0.05) is 12.1 Å². The number of nitrogens with one attached hydrogen (secondary N) is 1. The van der Waals surface area contributed by atoms with Gasteiger partial charge in [0, 0.05) is 6.42 Å². The van der Waals surface area contributed by atoms with E-state index in [4.69, 9.17) is 0 Å². The van der Waals surface area contributed by atoms with E-state index in [9.17, 15) is 19.5 Å². The minimum atomic E-state index is -0.537. The summed E-state index contributed by atoms with van der Waals surface area (Å²) in [5.41, 5.74) is 0.100. The minimum absolute atomic E-state index is 0.00766. The van der Waals surface area contributed by atoms with Crippen LogP contribution in [0.1, 0.15) is 23.2 Å². The molecule has 0 spiro atoms. The Morgan fingerprint density at radius 3 is 2.53 bits per heavy atom. The van der Waals surface area contributed by atoms with Crippen LogP contribution in [0.25, 0.3) is 0 Å². The zero-order chi connectivity index (χ0) is 14.3. The second kappa shape index (κ2) is 7.15. The van der Waals surface area contributed by atoms with E-state index < -0.39 is 11.9 Å². The number of methoxy groups -OCH3 is 1. The lowest BCUT2D eigenvalue weighted by Crippen LogP contribution is -2.29. The number of Topliss-reactive ketones (excluding diaryl/α,β-unsaturated/α-hetero) is 1. The van der Waals surface area contributed by atoms with E-state index in [1.54, 1.807) is 12.1 Å². The topological polar surface area (TPSA) is 92.7 Å². The van der Waals surface area contributed by atoms with Crippen LogP contribution in [-0.4, -0.2) is 36.4 Å². The zero-order valence-corrected chi connectivity index (χ0v) is 10.5. The SMILES string of the molecule is COC(=O)CCC(=O)CNC(=O)c1ccccc1O. The fourth-order valence-corrected chi connectivity index (χ4v) is 1.37. The van der Waals surface area contributed by atoms with E-state index in [0.717, 1.165) is 0 Å². The van der Waals surface area contributed by atoms with E-state index in [0.29, 0.717) is 0 Å². The summed E-state index contributed by atoms with van der Waals surface area (Å²) in [5.74, 6) is -1.44. The lowest BCUT2D eigenvalue weighted by Gasteiger charge is -2.05. The molecular weight excluding hydrogens is 250 g/mol. The van der Waals surface area contributed by atoms with Gasteiger partial charge in [-0.2, -0.15) is 0 Å². The summed E-state index contributed by atoms with van der Waals surface area (Å²) in [6.07, 6.45) is -0.00445. The predicted octanol–water partition coefficient (Wildman–Crippen LogP) is 0.644. The minimum Gasteiger partial charge on any atom is -0.507 e. The van der Waals surface area contributed by atoms with Gasteiger partial charge in [0.1, 0.15) is 5.75 Å². The average molecular weight is 265 g/mol. The normalized spacial score (nSPS) is 9.74. The predicted molar refractivity (Wildman–Crippen MR) is 66.7 cm³/mol. The van der Waals surface area contributed by atoms with Crippen LogP contribution in [0.4, 0.5) is 0 Å². The number of ketones is 1. The van der Waals surface area contributed by atoms with Gasteiger partial charge in [0.2, 0.25) is 0 Å². The highest BCUT2D eigenvalue weighted by atomic mass is 16.5. The molecule has 0 saturated heterocycles. The van der Waals surface area contributed by atoms with Crippen LogP contribution in [0.15, 0.2) is 24.3 Å². The van der Waals surface area contributed by atoms with Gasteiger partial charge in [0.15, 0.2) is 5.78 Å². The van der Waals surface area contributed by atoms with Gasteiger partial charge >= 0.3 is 5.97 Å². The number of carbonyl (C=O) groups excluding carboxylic acids is 3. The van der Waals surface area contributed by atoms with E-state index in [2.05, 4.69) is 10.1 Å². The van der Waals surface area contributed by atoms with E-state index >= 15 is 0 Å². The van der Waals surface area contributed by atoms with Crippen molar-refractivity contribution < 1.29 is 24.2 Å². The lowest BCUT2D eigenvalue weighted by molar-refractivity contribution is -0.141. The number of rotatable bonds is 6. The second-order valence-corrected chi connectivity index (χ2v) is 3.81. The first-order valence-corrected chi connectivity index (χ1v) is 5.69. The maximum absolute atomic E-state index is 11.6. The van der Waals surface area contributed by atoms with Crippen LogP contribution in [0, 0.1) is 0 Å². The van der Waals surface area contributed by atoms with Gasteiger partial charge in [0.25, 0.3) is 5.91 Å². The summed E-state index contributed by atoms with van der Waals surface area (Å²) in [5, 5.41) is 11.8. The van der Waals surface area contributed by atoms with Crippen molar-refractivity contribution >= 4 is 17.7 Å². The van der Waals surface area contributed by atoms with Crippen LogP contribution in [-0.2, 0) is 14.3 Å². The second-order valence-electron chi connectivity index (χ2n) is 3.81. The van der Waals surface area contributed by atoms with Crippen molar-refractivity contribution in [3.63, 3.8) is 0 Å². The van der Waals surface area contributed by atoms with Crippen molar-refractivity contribution in [3.8, 4) is 5.75 Å². The molecule has 0 atom stereocenters. The molecular formula is C13H15NO5. The molecule has 0 aliphatic carbocycles. The molecule has 1 aromatic carbocycles. The van der Waals surface area contributed by atoms with Gasteiger partial charge in [-0.05, 0) is 12.1 Å². The number of hydrogen-bond donors (Lipinski definition) is 2. The van der Waals surface area contributed by atoms with Gasteiger partial charge in [-0.25, -0.2) is 0 Å². The van der Waals surface area contributed by atoms with E-state index in [1.807, 2.05) is 0 Å². The first kappa shape index (κ1) is 14.7. The molecule has 19 heavy (non-hydrogen) atoms. The quantitative estimate of drug-likeness (QED) is 0.736. The van der Waals surface area contributed by atoms with Crippen LogP contribution >= 0.6 is 0 Å². The number of carbonyl (C=O) groups is 3. The Morgan fingerprint density at radius 2 is 1.89 bits per heavy atom. The molecule has 0 radical (unpaired) electrons. The molecule has 0 aliphatic rings. The highest BCUT2D eigenvalue weighted by molar-refractivity contribution is 5.99. The molecule has 102 valence electrons. The van der Waals surface area contributed by atoms with Crippen molar-refractivity contribution in [1.82, 2.24) is 5.32 Å². The molecule has 0 fully saturated rings. The Balaban J connectivity index is 2.40. The van der Waals surface area contributed by atoms with Gasteiger partial charge < -0.3 is 15.2 Å². The largest absolute Gasteiger partial charge is 0.507 e. The molecule has 1 amide bonds. The number of esters is 1. The molecule has 0 bridgehead atoms. The maximum atomic E-state index is 11.6. The first-order valence-electron chi connectivity index (χ1n) is 5.69. The number of aromatic hydroxyl groups is 1. The van der Waals surface area contributed by atoms with Gasteiger partial charge in [-0.15, -0.1) is 0 Å². The molecule has 0 heterocycles. The summed E-state index contributed by atoms with van der Waals surface area (Å²) in [7, 11) is 1.24. The number of ether oxygens (including phenoxy) is 1. The molecule has 6 heteroatoms. The molecule has 0 aromatic heterocycles. The Hall–Kier alpha value is -2.37. The smallest absolute Gasteiger partial charge is 0.305 e. The summed E-state index contributed by atoms with van der Waals surface area (Å²) in [6.45, 7) is -0.190. The third-order valence-corrected chi connectivity index (χ3v) is 2.43. The number of amides is 1. The molecule has 0 saturated carbocycles. The molecule has 1 rings (SSSR count). The van der Waals surface area contributed by atoms with Crippen molar-refractivity contribution in [1.29, 1.82) is 0 Å². The fourth-order valence-electron chi connectivity index (χ4n) is 1.37. The molecule has 6 nitrogen and oxygen atoms in total. The number of hydrogen-bond acceptors (Lipinski definition) is 5. The van der Waals surface area contributed by atoms with Crippen molar-refractivity contribution in [2.24, 2.45) is 0 Å². The van der Waals surface area contributed by atoms with Crippen LogP contribution in [0.2, 0.25) is 0 Å². The van der Waals surface area contributed by atoms with Crippen molar-refractivity contribution in [3.05, 3.63) is 29.8 Å². The Kier molecular flexibility index (Phi) is 5.53. The highest BCUT2D eigenvalue weighted by Gasteiger charge is 2.12. The number of phenolic OH excluding ortho intramolecular Hbond substituents is 1. The number of benzene rings is 1. The van der Waals surface area contributed by atoms with Crippen LogP contribution < -0.4 is 5.32 Å². The summed E-state index contributed by atoms with van der Waals surface area (Å²) in [6, 6.07) is 6.03. The Morgan fingerprint density at radius 1 is 1.21 bits per heavy atom. The first-order chi connectivity index (χ1) is 9.04. The molecule has 0 aliphatic heterocycles. The monoisotopic (exact) mass is 265 g/mol. The lowest BCUT2D eigenvalue weighted by atomic mass is 10.1.